The van der Waals surface area contributed by atoms with Crippen LogP contribution in [-0.4, -0.2) is 52.0 Å². The molecular weight excluding hydrogens is 284 g/mol. The molecule has 1 amide bonds. The Morgan fingerprint density at radius 1 is 1.36 bits per heavy atom. The minimum absolute atomic E-state index is 0.0795. The van der Waals surface area contributed by atoms with E-state index in [1.165, 1.54) is 0 Å². The number of carbonyl (C=O) groups is 1. The molecule has 1 aromatic carbocycles. The zero-order valence-corrected chi connectivity index (χ0v) is 13.0. The molecule has 0 aliphatic carbocycles. The molecule has 1 aliphatic heterocycles. The Bertz CT molecular complexity index is 444. The summed E-state index contributed by atoms with van der Waals surface area (Å²) in [6.07, 6.45) is 2.37. The third-order valence-electron chi connectivity index (χ3n) is 3.37. The van der Waals surface area contributed by atoms with Gasteiger partial charge >= 0.3 is 0 Å². The highest BCUT2D eigenvalue weighted by atomic mass is 16.5. The maximum Gasteiger partial charge on any atom is 0.238 e. The predicted molar refractivity (Wildman–Crippen MR) is 84.3 cm³/mol. The maximum atomic E-state index is 11.7. The number of benzene rings is 1. The molecule has 6 heteroatoms. The number of methoxy groups -OCH3 is 1. The van der Waals surface area contributed by atoms with E-state index in [9.17, 15) is 4.79 Å². The van der Waals surface area contributed by atoms with Crippen LogP contribution in [0.15, 0.2) is 24.3 Å². The number of carbonyl (C=O) groups excluding carboxylic acids is 1. The summed E-state index contributed by atoms with van der Waals surface area (Å²) in [5, 5.41) is 5.81. The van der Waals surface area contributed by atoms with Crippen LogP contribution in [0.25, 0.3) is 0 Å². The van der Waals surface area contributed by atoms with Crippen molar-refractivity contribution in [2.75, 3.05) is 45.3 Å². The smallest absolute Gasteiger partial charge is 0.238 e. The van der Waals surface area contributed by atoms with Crippen LogP contribution in [0.5, 0.6) is 5.75 Å². The van der Waals surface area contributed by atoms with Gasteiger partial charge in [-0.25, -0.2) is 0 Å². The first kappa shape index (κ1) is 16.7. The molecular formula is C16H24N2O4. The van der Waals surface area contributed by atoms with Crippen molar-refractivity contribution < 1.29 is 19.0 Å². The number of anilines is 1. The first-order valence-electron chi connectivity index (χ1n) is 7.62. The van der Waals surface area contributed by atoms with E-state index >= 15 is 0 Å². The van der Waals surface area contributed by atoms with E-state index in [0.717, 1.165) is 30.9 Å². The normalized spacial score (nSPS) is 17.4. The third-order valence-corrected chi connectivity index (χ3v) is 3.37. The Balaban J connectivity index is 1.68. The fourth-order valence-electron chi connectivity index (χ4n) is 2.18. The lowest BCUT2D eigenvalue weighted by atomic mass is 10.2. The number of ether oxygens (including phenoxy) is 3. The molecule has 1 fully saturated rings. The summed E-state index contributed by atoms with van der Waals surface area (Å²) < 4.78 is 16.1. The van der Waals surface area contributed by atoms with Gasteiger partial charge in [-0.05, 0) is 37.1 Å². The Morgan fingerprint density at radius 3 is 2.86 bits per heavy atom. The van der Waals surface area contributed by atoms with E-state index in [0.29, 0.717) is 19.8 Å². The molecule has 1 aromatic rings. The molecule has 122 valence electrons. The fourth-order valence-corrected chi connectivity index (χ4v) is 2.18. The Morgan fingerprint density at radius 2 is 2.18 bits per heavy atom. The second-order valence-corrected chi connectivity index (χ2v) is 5.19. The van der Waals surface area contributed by atoms with Crippen molar-refractivity contribution in [3.8, 4) is 5.75 Å². The molecule has 0 saturated carbocycles. The Hall–Kier alpha value is -1.63. The van der Waals surface area contributed by atoms with Gasteiger partial charge < -0.3 is 24.8 Å². The summed E-state index contributed by atoms with van der Waals surface area (Å²) in [5.74, 6) is 0.704. The standard InChI is InChI=1S/C16H24N2O4/c1-20-10-8-17-11-16(19)18-13-4-6-14(7-5-13)22-12-15-3-2-9-21-15/h4-7,15,17H,2-3,8-12H2,1H3,(H,18,19). The number of hydrogen-bond donors (Lipinski definition) is 2. The lowest BCUT2D eigenvalue weighted by Crippen LogP contribution is -2.30. The van der Waals surface area contributed by atoms with E-state index in [4.69, 9.17) is 14.2 Å². The number of amides is 1. The van der Waals surface area contributed by atoms with Crippen molar-refractivity contribution in [3.63, 3.8) is 0 Å². The van der Waals surface area contributed by atoms with Crippen molar-refractivity contribution >= 4 is 11.6 Å². The van der Waals surface area contributed by atoms with Gasteiger partial charge in [0.25, 0.3) is 0 Å². The first-order valence-corrected chi connectivity index (χ1v) is 7.62. The lowest BCUT2D eigenvalue weighted by molar-refractivity contribution is -0.115. The highest BCUT2D eigenvalue weighted by Crippen LogP contribution is 2.18. The van der Waals surface area contributed by atoms with Gasteiger partial charge in [0.2, 0.25) is 5.91 Å². The molecule has 0 bridgehead atoms. The number of hydrogen-bond acceptors (Lipinski definition) is 5. The van der Waals surface area contributed by atoms with Crippen molar-refractivity contribution in [3.05, 3.63) is 24.3 Å². The fraction of sp³-hybridized carbons (Fsp3) is 0.562. The molecule has 22 heavy (non-hydrogen) atoms. The molecule has 1 atom stereocenters. The van der Waals surface area contributed by atoms with Crippen LogP contribution in [0.1, 0.15) is 12.8 Å². The van der Waals surface area contributed by atoms with E-state index < -0.39 is 0 Å². The number of rotatable bonds is 9. The maximum absolute atomic E-state index is 11.7. The molecule has 1 aliphatic rings. The quantitative estimate of drug-likeness (QED) is 0.675. The predicted octanol–water partition coefficient (Wildman–Crippen LogP) is 1.42. The van der Waals surface area contributed by atoms with Gasteiger partial charge in [-0.3, -0.25) is 4.79 Å². The summed E-state index contributed by atoms with van der Waals surface area (Å²) in [6.45, 7) is 2.91. The minimum Gasteiger partial charge on any atom is -0.491 e. The zero-order chi connectivity index (χ0) is 15.6. The summed E-state index contributed by atoms with van der Waals surface area (Å²) in [4.78, 5) is 11.7. The first-order chi connectivity index (χ1) is 10.8. The average molecular weight is 308 g/mol. The van der Waals surface area contributed by atoms with Crippen molar-refractivity contribution in [1.29, 1.82) is 0 Å². The minimum atomic E-state index is -0.0795. The second-order valence-electron chi connectivity index (χ2n) is 5.19. The summed E-state index contributed by atoms with van der Waals surface area (Å²) in [7, 11) is 1.63. The molecule has 0 spiro atoms. The van der Waals surface area contributed by atoms with Gasteiger partial charge in [0.1, 0.15) is 12.4 Å². The topological polar surface area (TPSA) is 68.8 Å². The molecule has 6 nitrogen and oxygen atoms in total. The summed E-state index contributed by atoms with van der Waals surface area (Å²) in [5.41, 5.74) is 0.753. The van der Waals surface area contributed by atoms with Gasteiger partial charge in [0.05, 0.1) is 19.3 Å². The van der Waals surface area contributed by atoms with Crippen LogP contribution >= 0.6 is 0 Å². The van der Waals surface area contributed by atoms with Crippen LogP contribution in [0.2, 0.25) is 0 Å². The van der Waals surface area contributed by atoms with Gasteiger partial charge in [-0.15, -0.1) is 0 Å². The Kier molecular flexibility index (Phi) is 7.15. The van der Waals surface area contributed by atoms with E-state index in [1.807, 2.05) is 24.3 Å². The molecule has 2 rings (SSSR count). The van der Waals surface area contributed by atoms with E-state index in [1.54, 1.807) is 7.11 Å². The van der Waals surface area contributed by atoms with Gasteiger partial charge in [-0.1, -0.05) is 0 Å². The summed E-state index contributed by atoms with van der Waals surface area (Å²) in [6, 6.07) is 7.36. The van der Waals surface area contributed by atoms with Crippen LogP contribution in [0.4, 0.5) is 5.69 Å². The van der Waals surface area contributed by atoms with Crippen molar-refractivity contribution in [2.24, 2.45) is 0 Å². The van der Waals surface area contributed by atoms with Crippen molar-refractivity contribution in [1.82, 2.24) is 5.32 Å². The van der Waals surface area contributed by atoms with Crippen LogP contribution in [0.3, 0.4) is 0 Å². The highest BCUT2D eigenvalue weighted by molar-refractivity contribution is 5.92. The van der Waals surface area contributed by atoms with Crippen LogP contribution in [-0.2, 0) is 14.3 Å². The van der Waals surface area contributed by atoms with Crippen LogP contribution < -0.4 is 15.4 Å². The van der Waals surface area contributed by atoms with Gasteiger partial charge in [-0.2, -0.15) is 0 Å². The largest absolute Gasteiger partial charge is 0.491 e. The van der Waals surface area contributed by atoms with Gasteiger partial charge in [0.15, 0.2) is 0 Å². The molecule has 1 saturated heterocycles. The highest BCUT2D eigenvalue weighted by Gasteiger charge is 2.15. The van der Waals surface area contributed by atoms with Gasteiger partial charge in [0, 0.05) is 25.9 Å². The van der Waals surface area contributed by atoms with Crippen LogP contribution in [0, 0.1) is 0 Å². The molecule has 1 heterocycles. The average Bonchev–Trinajstić information content (AvgIpc) is 3.04. The molecule has 0 radical (unpaired) electrons. The SMILES string of the molecule is COCCNCC(=O)Nc1ccc(OCC2CCCO2)cc1. The second kappa shape index (κ2) is 9.40. The molecule has 1 unspecified atom stereocenters. The molecule has 0 aromatic heterocycles. The monoisotopic (exact) mass is 308 g/mol. The molecule has 2 N–H and O–H groups in total. The van der Waals surface area contributed by atoms with E-state index in [2.05, 4.69) is 10.6 Å². The van der Waals surface area contributed by atoms with Crippen molar-refractivity contribution in [2.45, 2.75) is 18.9 Å². The Labute approximate surface area is 131 Å². The summed E-state index contributed by atoms with van der Waals surface area (Å²) >= 11 is 0. The number of nitrogens with one attached hydrogen (secondary N) is 2. The zero-order valence-electron chi connectivity index (χ0n) is 13.0. The van der Waals surface area contributed by atoms with E-state index in [-0.39, 0.29) is 18.6 Å². The third kappa shape index (κ3) is 6.01. The lowest BCUT2D eigenvalue weighted by Gasteiger charge is -2.12.